The average molecular weight is 443 g/mol. The first-order valence-corrected chi connectivity index (χ1v) is 10.7. The normalized spacial score (nSPS) is 13.6. The number of ether oxygens (including phenoxy) is 1. The summed E-state index contributed by atoms with van der Waals surface area (Å²) >= 11 is 1.59. The lowest BCUT2D eigenvalue weighted by molar-refractivity contribution is -0.144. The molecule has 0 spiro atoms. The maximum absolute atomic E-state index is 11.8. The van der Waals surface area contributed by atoms with Gasteiger partial charge in [0.05, 0.1) is 22.9 Å². The zero-order valence-electron chi connectivity index (χ0n) is 18.0. The molecule has 0 aliphatic rings. The van der Waals surface area contributed by atoms with E-state index in [4.69, 9.17) is 14.0 Å². The lowest BCUT2D eigenvalue weighted by Gasteiger charge is -2.24. The van der Waals surface area contributed by atoms with Crippen LogP contribution in [0.4, 0.5) is 0 Å². The van der Waals surface area contributed by atoms with Gasteiger partial charge in [0.25, 0.3) is 0 Å². The van der Waals surface area contributed by atoms with E-state index >= 15 is 0 Å². The smallest absolute Gasteiger partial charge is 0.315 e. The predicted octanol–water partition coefficient (Wildman–Crippen LogP) is 4.99. The minimum Gasteiger partial charge on any atom is -0.493 e. The maximum Gasteiger partial charge on any atom is 0.315 e. The minimum atomic E-state index is -1.15. The van der Waals surface area contributed by atoms with E-state index in [0.29, 0.717) is 36.8 Å². The molecule has 0 aliphatic heterocycles. The van der Waals surface area contributed by atoms with Gasteiger partial charge in [-0.05, 0) is 56.3 Å². The summed E-state index contributed by atoms with van der Waals surface area (Å²) in [5, 5.41) is 15.5. The summed E-state index contributed by atoms with van der Waals surface area (Å²) in [6.07, 6.45) is 0.928. The third-order valence-corrected chi connectivity index (χ3v) is 6.07. The summed E-state index contributed by atoms with van der Waals surface area (Å²) in [6, 6.07) is 11.4. The fourth-order valence-electron chi connectivity index (χ4n) is 3.14. The Bertz CT molecular complexity index is 1040. The number of rotatable bonds is 10. The molecule has 0 fully saturated rings. The molecule has 3 aromatic rings. The lowest BCUT2D eigenvalue weighted by atomic mass is 9.80. The van der Waals surface area contributed by atoms with Gasteiger partial charge in [-0.15, -0.1) is 11.3 Å². The van der Waals surface area contributed by atoms with Gasteiger partial charge in [-0.3, -0.25) is 4.79 Å². The second-order valence-corrected chi connectivity index (χ2v) is 8.36. The van der Waals surface area contributed by atoms with Crippen molar-refractivity contribution in [1.29, 1.82) is 0 Å². The molecule has 1 unspecified atom stereocenters. The van der Waals surface area contributed by atoms with Crippen LogP contribution in [0.3, 0.4) is 0 Å². The maximum atomic E-state index is 11.8. The van der Waals surface area contributed by atoms with Crippen LogP contribution in [0, 0.1) is 12.3 Å². The lowest BCUT2D eigenvalue weighted by Crippen LogP contribution is -2.37. The molecule has 0 aliphatic carbocycles. The second kappa shape index (κ2) is 9.78. The van der Waals surface area contributed by atoms with E-state index in [1.807, 2.05) is 48.7 Å². The van der Waals surface area contributed by atoms with E-state index in [2.05, 4.69) is 10.1 Å². The Kier molecular flexibility index (Phi) is 7.12. The number of hydrogen-bond acceptors (Lipinski definition) is 7. The molecule has 0 saturated heterocycles. The molecule has 2 aromatic heterocycles. The Morgan fingerprint density at radius 2 is 2.03 bits per heavy atom. The number of hydrogen-bond donors (Lipinski definition) is 1. The third kappa shape index (κ3) is 5.32. The van der Waals surface area contributed by atoms with Gasteiger partial charge < -0.3 is 19.1 Å². The number of nitrogens with zero attached hydrogens (tertiary/aromatic N) is 2. The van der Waals surface area contributed by atoms with E-state index in [0.717, 1.165) is 21.9 Å². The van der Waals surface area contributed by atoms with E-state index in [-0.39, 0.29) is 0 Å². The molecular formula is C23H26N2O5S. The van der Waals surface area contributed by atoms with Gasteiger partial charge >= 0.3 is 5.97 Å². The van der Waals surface area contributed by atoms with E-state index in [1.54, 1.807) is 25.2 Å². The number of oxazole rings is 1. The van der Waals surface area contributed by atoms with Gasteiger partial charge in [-0.25, -0.2) is 4.98 Å². The number of carbonyl (C=O) groups is 1. The number of aromatic nitrogens is 1. The highest BCUT2D eigenvalue weighted by Gasteiger charge is 2.37. The Balaban J connectivity index is 1.59. The highest BCUT2D eigenvalue weighted by atomic mass is 32.1. The van der Waals surface area contributed by atoms with Crippen molar-refractivity contribution in [3.05, 3.63) is 58.8 Å². The van der Waals surface area contributed by atoms with Crippen LogP contribution in [0.1, 0.15) is 30.9 Å². The minimum absolute atomic E-state index is 0.297. The van der Waals surface area contributed by atoms with Crippen LogP contribution in [-0.2, 0) is 22.5 Å². The van der Waals surface area contributed by atoms with Crippen LogP contribution in [-0.4, -0.2) is 35.5 Å². The van der Waals surface area contributed by atoms with Crippen molar-refractivity contribution in [2.45, 2.75) is 33.6 Å². The van der Waals surface area contributed by atoms with Gasteiger partial charge in [0.1, 0.15) is 24.0 Å². The third-order valence-electron chi connectivity index (χ3n) is 5.21. The quantitative estimate of drug-likeness (QED) is 0.351. The molecule has 7 nitrogen and oxygen atoms in total. The number of benzene rings is 1. The van der Waals surface area contributed by atoms with Gasteiger partial charge in [-0.2, -0.15) is 0 Å². The Morgan fingerprint density at radius 1 is 1.29 bits per heavy atom. The highest BCUT2D eigenvalue weighted by molar-refractivity contribution is 7.13. The number of aliphatic carboxylic acids is 1. The first kappa shape index (κ1) is 22.6. The summed E-state index contributed by atoms with van der Waals surface area (Å²) in [5.74, 6) is 1.20. The average Bonchev–Trinajstić information content (AvgIpc) is 3.39. The Morgan fingerprint density at radius 3 is 2.65 bits per heavy atom. The van der Waals surface area contributed by atoms with Crippen molar-refractivity contribution in [2.24, 2.45) is 10.6 Å². The molecule has 3 rings (SSSR count). The van der Waals surface area contributed by atoms with Crippen molar-refractivity contribution >= 4 is 23.0 Å². The van der Waals surface area contributed by atoms with E-state index in [9.17, 15) is 9.90 Å². The molecule has 1 N–H and O–H groups in total. The van der Waals surface area contributed by atoms with Crippen LogP contribution >= 0.6 is 11.3 Å². The summed E-state index contributed by atoms with van der Waals surface area (Å²) in [5.41, 5.74) is 1.01. The van der Waals surface area contributed by atoms with E-state index < -0.39 is 11.4 Å². The van der Waals surface area contributed by atoms with Gasteiger partial charge in [-0.1, -0.05) is 23.4 Å². The topological polar surface area (TPSA) is 94.2 Å². The molecule has 1 atom stereocenters. The number of thiophene rings is 1. The fourth-order valence-corrected chi connectivity index (χ4v) is 3.79. The molecule has 2 heterocycles. The van der Waals surface area contributed by atoms with Crippen molar-refractivity contribution in [2.75, 3.05) is 13.7 Å². The molecule has 0 saturated carbocycles. The van der Waals surface area contributed by atoms with Crippen LogP contribution < -0.4 is 4.74 Å². The van der Waals surface area contributed by atoms with Crippen molar-refractivity contribution < 1.29 is 23.9 Å². The summed E-state index contributed by atoms with van der Waals surface area (Å²) in [7, 11) is 1.40. The highest BCUT2D eigenvalue weighted by Crippen LogP contribution is 2.28. The molecule has 8 heteroatoms. The Hall–Kier alpha value is -3.13. The molecule has 0 bridgehead atoms. The fraction of sp³-hybridized carbons (Fsp3) is 0.348. The van der Waals surface area contributed by atoms with Crippen LogP contribution in [0.25, 0.3) is 10.8 Å². The van der Waals surface area contributed by atoms with Crippen molar-refractivity contribution in [3.63, 3.8) is 0 Å². The first-order valence-electron chi connectivity index (χ1n) is 9.87. The molecule has 164 valence electrons. The standard InChI is InChI=1S/C23H26N2O5S/c1-15-19(24-21(30-15)20-6-5-13-31-20)11-12-29-18-9-7-17(8-10-18)14-23(3,22(26)27)16(2)25-28-4/h5-10,13H,11-12,14H2,1-4H3,(H,26,27)/b25-16+. The zero-order chi connectivity index (χ0) is 22.4. The van der Waals surface area contributed by atoms with Gasteiger partial charge in [0, 0.05) is 6.42 Å². The number of carboxylic acid groups (broad SMARTS) is 1. The summed E-state index contributed by atoms with van der Waals surface area (Å²) < 4.78 is 11.6. The van der Waals surface area contributed by atoms with Crippen molar-refractivity contribution in [1.82, 2.24) is 4.98 Å². The van der Waals surface area contributed by atoms with Crippen molar-refractivity contribution in [3.8, 4) is 16.5 Å². The van der Waals surface area contributed by atoms with Gasteiger partial charge in [0.15, 0.2) is 0 Å². The zero-order valence-corrected chi connectivity index (χ0v) is 18.9. The second-order valence-electron chi connectivity index (χ2n) is 7.41. The first-order chi connectivity index (χ1) is 14.8. The molecule has 1 aromatic carbocycles. The largest absolute Gasteiger partial charge is 0.493 e. The van der Waals surface area contributed by atoms with Gasteiger partial charge in [0.2, 0.25) is 5.89 Å². The number of carboxylic acids is 1. The molecular weight excluding hydrogens is 416 g/mol. The van der Waals surface area contributed by atoms with Crippen LogP contribution in [0.15, 0.2) is 51.4 Å². The number of oxime groups is 1. The van der Waals surface area contributed by atoms with Crippen LogP contribution in [0.5, 0.6) is 5.75 Å². The predicted molar refractivity (Wildman–Crippen MR) is 120 cm³/mol. The molecule has 31 heavy (non-hydrogen) atoms. The van der Waals surface area contributed by atoms with Crippen LogP contribution in [0.2, 0.25) is 0 Å². The number of aryl methyl sites for hydroxylation is 1. The summed E-state index contributed by atoms with van der Waals surface area (Å²) in [6.45, 7) is 5.67. The van der Waals surface area contributed by atoms with E-state index in [1.165, 1.54) is 7.11 Å². The summed E-state index contributed by atoms with van der Waals surface area (Å²) in [4.78, 5) is 22.2. The SMILES string of the molecule is CO/N=C(\C)C(C)(Cc1ccc(OCCc2nc(-c3cccs3)oc2C)cc1)C(=O)O. The monoisotopic (exact) mass is 442 g/mol. The molecule has 0 radical (unpaired) electrons. The molecule has 0 amide bonds. The Labute approximate surface area is 185 Å².